The van der Waals surface area contributed by atoms with Crippen LogP contribution >= 0.6 is 12.2 Å². The minimum atomic E-state index is 0.749. The van der Waals surface area contributed by atoms with Crippen LogP contribution in [0.15, 0.2) is 17.9 Å². The predicted octanol–water partition coefficient (Wildman–Crippen LogP) is 1.65. The highest BCUT2D eigenvalue weighted by Gasteiger charge is 2.01. The van der Waals surface area contributed by atoms with E-state index in [1.807, 2.05) is 0 Å². The summed E-state index contributed by atoms with van der Waals surface area (Å²) in [4.78, 5) is 0.884. The van der Waals surface area contributed by atoms with Crippen molar-refractivity contribution in [3.8, 4) is 0 Å². The van der Waals surface area contributed by atoms with E-state index in [1.165, 1.54) is 0 Å². The Labute approximate surface area is 60.0 Å². The van der Waals surface area contributed by atoms with Crippen molar-refractivity contribution in [3.05, 3.63) is 24.0 Å². The topological polar surface area (TPSA) is 9.23 Å². The maximum atomic E-state index is 4.95. The lowest BCUT2D eigenvalue weighted by Crippen LogP contribution is -1.98. The van der Waals surface area contributed by atoms with Gasteiger partial charge in [-0.1, -0.05) is 12.2 Å². The summed E-state index contributed by atoms with van der Waals surface area (Å²) in [7, 11) is 1.64. The molecule has 2 heteroatoms. The quantitative estimate of drug-likeness (QED) is 0.511. The molecule has 0 unspecified atom stereocenters. The number of hydrogen-bond acceptors (Lipinski definition) is 2. The lowest BCUT2D eigenvalue weighted by atomic mass is 10.2. The third-order valence-electron chi connectivity index (χ3n) is 1.10. The second kappa shape index (κ2) is 2.78. The molecule has 0 saturated heterocycles. The third kappa shape index (κ3) is 1.64. The fraction of sp³-hybridized carbons (Fsp3) is 0.286. The summed E-state index contributed by atoms with van der Waals surface area (Å²) < 4.78 is 4.95. The van der Waals surface area contributed by atoms with Gasteiger partial charge in [-0.3, -0.25) is 0 Å². The van der Waals surface area contributed by atoms with Crippen LogP contribution in [0.2, 0.25) is 0 Å². The van der Waals surface area contributed by atoms with Crippen LogP contribution in [0.5, 0.6) is 0 Å². The lowest BCUT2D eigenvalue weighted by molar-refractivity contribution is 0.287. The van der Waals surface area contributed by atoms with Crippen molar-refractivity contribution in [3.63, 3.8) is 0 Å². The first-order valence-electron chi connectivity index (χ1n) is 2.68. The van der Waals surface area contributed by atoms with Crippen LogP contribution < -0.4 is 0 Å². The molecule has 1 aliphatic carbocycles. The van der Waals surface area contributed by atoms with Crippen molar-refractivity contribution in [2.45, 2.75) is 6.42 Å². The molecule has 0 spiro atoms. The van der Waals surface area contributed by atoms with Gasteiger partial charge in [-0.2, -0.15) is 0 Å². The first-order valence-corrected chi connectivity index (χ1v) is 3.09. The maximum Gasteiger partial charge on any atom is 0.101 e. The van der Waals surface area contributed by atoms with E-state index in [0.717, 1.165) is 17.0 Å². The Balaban J connectivity index is 2.65. The molecule has 0 N–H and O–H groups in total. The molecule has 9 heavy (non-hydrogen) atoms. The first kappa shape index (κ1) is 6.49. The Morgan fingerprint density at radius 1 is 1.78 bits per heavy atom. The van der Waals surface area contributed by atoms with Crippen molar-refractivity contribution >= 4 is 17.1 Å². The zero-order valence-corrected chi connectivity index (χ0v) is 5.99. The van der Waals surface area contributed by atoms with Crippen LogP contribution in [-0.2, 0) is 4.74 Å². The minimum absolute atomic E-state index is 0.749. The molecule has 0 atom stereocenters. The molecule has 0 aromatic rings. The summed E-state index contributed by atoms with van der Waals surface area (Å²) >= 11 is 4.91. The van der Waals surface area contributed by atoms with E-state index in [1.54, 1.807) is 19.3 Å². The van der Waals surface area contributed by atoms with Gasteiger partial charge in [0.1, 0.15) is 5.76 Å². The van der Waals surface area contributed by atoms with Crippen molar-refractivity contribution < 1.29 is 4.74 Å². The highest BCUT2D eigenvalue weighted by Crippen LogP contribution is 2.09. The molecule has 1 aliphatic rings. The molecule has 1 radical (unpaired) electrons. The van der Waals surface area contributed by atoms with Gasteiger partial charge in [0, 0.05) is 11.3 Å². The number of allylic oxidation sites excluding steroid dienone is 4. The Morgan fingerprint density at radius 2 is 2.56 bits per heavy atom. The fourth-order valence-electron chi connectivity index (χ4n) is 0.632. The third-order valence-corrected chi connectivity index (χ3v) is 1.36. The van der Waals surface area contributed by atoms with Crippen LogP contribution in [0.3, 0.4) is 0 Å². The monoisotopic (exact) mass is 139 g/mol. The predicted molar refractivity (Wildman–Crippen MR) is 40.1 cm³/mol. The number of hydrogen-bond donors (Lipinski definition) is 0. The molecule has 0 saturated carbocycles. The summed E-state index contributed by atoms with van der Waals surface area (Å²) in [5.41, 5.74) is 0. The van der Waals surface area contributed by atoms with E-state index in [9.17, 15) is 0 Å². The summed E-state index contributed by atoms with van der Waals surface area (Å²) in [5.74, 6) is 0.891. The number of thiocarbonyl (C=S) groups is 1. The van der Waals surface area contributed by atoms with Crippen molar-refractivity contribution in [2.24, 2.45) is 0 Å². The second-order valence-electron chi connectivity index (χ2n) is 1.77. The average molecular weight is 139 g/mol. The first-order chi connectivity index (χ1) is 4.33. The van der Waals surface area contributed by atoms with Crippen molar-refractivity contribution in [2.75, 3.05) is 7.11 Å². The minimum Gasteiger partial charge on any atom is -0.501 e. The van der Waals surface area contributed by atoms with Crippen LogP contribution in [0.4, 0.5) is 0 Å². The zero-order chi connectivity index (χ0) is 6.69. The van der Waals surface area contributed by atoms with Gasteiger partial charge < -0.3 is 4.74 Å². The highest BCUT2D eigenvalue weighted by atomic mass is 32.1. The Hall–Kier alpha value is -0.630. The summed E-state index contributed by atoms with van der Waals surface area (Å²) in [6.07, 6.45) is 7.22. The van der Waals surface area contributed by atoms with Gasteiger partial charge in [0.15, 0.2) is 0 Å². The Kier molecular flexibility index (Phi) is 2.01. The van der Waals surface area contributed by atoms with Gasteiger partial charge in [-0.15, -0.1) is 0 Å². The SMILES string of the molecule is COC1=C[C]=CC(=S)C1. The molecule has 1 rings (SSSR count). The molecule has 47 valence electrons. The number of methoxy groups -OCH3 is 1. The number of ether oxygens (including phenoxy) is 1. The van der Waals surface area contributed by atoms with Gasteiger partial charge in [0.05, 0.1) is 7.11 Å². The maximum absolute atomic E-state index is 4.95. The molecular weight excluding hydrogens is 132 g/mol. The molecular formula is C7H7OS. The van der Waals surface area contributed by atoms with Crippen molar-refractivity contribution in [1.29, 1.82) is 0 Å². The van der Waals surface area contributed by atoms with Crippen LogP contribution in [0, 0.1) is 6.08 Å². The molecule has 0 heterocycles. The molecule has 0 aromatic heterocycles. The largest absolute Gasteiger partial charge is 0.501 e. The van der Waals surface area contributed by atoms with E-state index in [2.05, 4.69) is 6.08 Å². The Bertz CT molecular complexity index is 179. The molecule has 0 bridgehead atoms. The molecule has 0 fully saturated rings. The van der Waals surface area contributed by atoms with E-state index in [-0.39, 0.29) is 0 Å². The fourth-order valence-corrected chi connectivity index (χ4v) is 0.843. The van der Waals surface area contributed by atoms with Gasteiger partial charge in [0.25, 0.3) is 0 Å². The standard InChI is InChI=1S/C7H7OS/c1-8-6-3-2-4-7(9)5-6/h3-4H,5H2,1H3. The second-order valence-corrected chi connectivity index (χ2v) is 2.29. The molecule has 0 amide bonds. The van der Waals surface area contributed by atoms with Crippen LogP contribution in [0.25, 0.3) is 0 Å². The summed E-state index contributed by atoms with van der Waals surface area (Å²) in [5, 5.41) is 0. The van der Waals surface area contributed by atoms with Gasteiger partial charge in [0.2, 0.25) is 0 Å². The van der Waals surface area contributed by atoms with E-state index < -0.39 is 0 Å². The average Bonchev–Trinajstić information content (AvgIpc) is 1.88. The molecule has 0 aromatic carbocycles. The molecule has 1 nitrogen and oxygen atoms in total. The Morgan fingerprint density at radius 3 is 3.00 bits per heavy atom. The van der Waals surface area contributed by atoms with Gasteiger partial charge >= 0.3 is 0 Å². The number of rotatable bonds is 1. The van der Waals surface area contributed by atoms with Gasteiger partial charge in [-0.25, -0.2) is 0 Å². The summed E-state index contributed by atoms with van der Waals surface area (Å²) in [6.45, 7) is 0. The lowest BCUT2D eigenvalue weighted by Gasteiger charge is -2.06. The normalized spacial score (nSPS) is 17.4. The highest BCUT2D eigenvalue weighted by molar-refractivity contribution is 7.80. The smallest absolute Gasteiger partial charge is 0.101 e. The van der Waals surface area contributed by atoms with Crippen molar-refractivity contribution in [1.82, 2.24) is 0 Å². The summed E-state index contributed by atoms with van der Waals surface area (Å²) in [6, 6.07) is 0. The zero-order valence-electron chi connectivity index (χ0n) is 5.18. The van der Waals surface area contributed by atoms with E-state index >= 15 is 0 Å². The van der Waals surface area contributed by atoms with E-state index in [0.29, 0.717) is 0 Å². The van der Waals surface area contributed by atoms with E-state index in [4.69, 9.17) is 17.0 Å². The van der Waals surface area contributed by atoms with Crippen LogP contribution in [0.1, 0.15) is 6.42 Å². The van der Waals surface area contributed by atoms with Gasteiger partial charge in [-0.05, 0) is 18.2 Å². The van der Waals surface area contributed by atoms with Crippen LogP contribution in [-0.4, -0.2) is 12.0 Å². The molecule has 0 aliphatic heterocycles.